The number of benzene rings is 4. The highest BCUT2D eigenvalue weighted by atomic mass is 31.2. The van der Waals surface area contributed by atoms with Crippen molar-refractivity contribution in [2.24, 2.45) is 0 Å². The minimum atomic E-state index is -2.69. The molecule has 1 fully saturated rings. The zero-order valence-electron chi connectivity index (χ0n) is 41.5. The Bertz CT molecular complexity index is 2160. The second kappa shape index (κ2) is 17.4. The lowest BCUT2D eigenvalue weighted by Gasteiger charge is -2.48. The molecule has 0 saturated heterocycles. The molecule has 0 heterocycles. The van der Waals surface area contributed by atoms with Crippen LogP contribution in [-0.4, -0.2) is 9.79 Å². The first-order chi connectivity index (χ1) is 27.7. The Balaban J connectivity index is 2.02. The topological polar surface area (TPSA) is 49.7 Å². The quantitative estimate of drug-likeness (QED) is 0.111. The maximum atomic E-state index is 11.3. The van der Waals surface area contributed by atoms with Gasteiger partial charge in [0.05, 0.1) is 0 Å². The molecule has 5 rings (SSSR count). The first kappa shape index (κ1) is 48.7. The van der Waals surface area contributed by atoms with E-state index in [-0.39, 0.29) is 38.4 Å². The summed E-state index contributed by atoms with van der Waals surface area (Å²) in [5.41, 5.74) is 9.38. The molecule has 0 radical (unpaired) electrons. The summed E-state index contributed by atoms with van der Waals surface area (Å²) in [6.07, 6.45) is 9.77. The van der Waals surface area contributed by atoms with E-state index in [0.717, 1.165) is 69.8 Å². The third kappa shape index (κ3) is 8.92. The van der Waals surface area contributed by atoms with Gasteiger partial charge >= 0.3 is 8.60 Å². The summed E-state index contributed by atoms with van der Waals surface area (Å²) >= 11 is 0. The predicted molar refractivity (Wildman–Crippen MR) is 263 cm³/mol. The second-order valence-corrected chi connectivity index (χ2v) is 23.5. The van der Waals surface area contributed by atoms with Crippen molar-refractivity contribution in [2.45, 2.75) is 233 Å². The Morgan fingerprint density at radius 3 is 1.33 bits per heavy atom. The van der Waals surface area contributed by atoms with Gasteiger partial charge in [-0.2, -0.15) is 0 Å². The Morgan fingerprint density at radius 2 is 0.900 bits per heavy atom. The molecular formula is C56H85O3P. The predicted octanol–water partition coefficient (Wildman–Crippen LogP) is 16.9. The smallest absolute Gasteiger partial charge is 0.327 e. The molecule has 0 spiro atoms. The number of hydrogen-bond donors (Lipinski definition) is 2. The fourth-order valence-electron chi connectivity index (χ4n) is 9.87. The van der Waals surface area contributed by atoms with E-state index in [1.54, 1.807) is 0 Å². The van der Waals surface area contributed by atoms with Gasteiger partial charge in [0.1, 0.15) is 5.60 Å². The molecule has 1 aliphatic rings. The lowest BCUT2D eigenvalue weighted by molar-refractivity contribution is -0.00795. The van der Waals surface area contributed by atoms with Crippen LogP contribution in [0, 0.1) is 0 Å². The van der Waals surface area contributed by atoms with Gasteiger partial charge in [0.2, 0.25) is 0 Å². The molecule has 3 nitrogen and oxygen atoms in total. The molecule has 1 aliphatic carbocycles. The molecule has 0 aromatic heterocycles. The van der Waals surface area contributed by atoms with Crippen molar-refractivity contribution in [2.75, 3.05) is 0 Å². The van der Waals surface area contributed by atoms with Crippen molar-refractivity contribution < 1.29 is 14.3 Å². The average molecular weight is 837 g/mol. The Kier molecular flexibility index (Phi) is 14.1. The zero-order valence-corrected chi connectivity index (χ0v) is 42.4. The van der Waals surface area contributed by atoms with Crippen molar-refractivity contribution in [3.8, 4) is 0 Å². The van der Waals surface area contributed by atoms with Crippen molar-refractivity contribution in [3.05, 3.63) is 93.0 Å². The third-order valence-electron chi connectivity index (χ3n) is 16.9. The van der Waals surface area contributed by atoms with Gasteiger partial charge in [-0.15, -0.1) is 0 Å². The zero-order chi connectivity index (χ0) is 45.0. The summed E-state index contributed by atoms with van der Waals surface area (Å²) in [5, 5.41) is 5.18. The molecule has 2 unspecified atom stereocenters. The van der Waals surface area contributed by atoms with E-state index in [0.29, 0.717) is 0 Å². The van der Waals surface area contributed by atoms with Crippen LogP contribution in [0.1, 0.15) is 239 Å². The van der Waals surface area contributed by atoms with Gasteiger partial charge in [0.25, 0.3) is 0 Å². The molecule has 1 saturated carbocycles. The number of hydrogen-bond acceptors (Lipinski definition) is 3. The molecule has 2 atom stereocenters. The van der Waals surface area contributed by atoms with Gasteiger partial charge in [-0.25, -0.2) is 0 Å². The Morgan fingerprint density at radius 1 is 0.500 bits per heavy atom. The summed E-state index contributed by atoms with van der Waals surface area (Å²) in [6, 6.07) is 20.0. The molecule has 4 aromatic carbocycles. The van der Waals surface area contributed by atoms with Gasteiger partial charge in [0.15, 0.2) is 0 Å². The van der Waals surface area contributed by atoms with Crippen molar-refractivity contribution >= 4 is 30.1 Å². The van der Waals surface area contributed by atoms with Crippen molar-refractivity contribution in [3.63, 3.8) is 0 Å². The summed E-state index contributed by atoms with van der Waals surface area (Å²) in [7, 11) is -2.69. The minimum absolute atomic E-state index is 0.0328. The summed E-state index contributed by atoms with van der Waals surface area (Å²) < 4.78 is 6.99. The first-order valence-electron chi connectivity index (χ1n) is 23.9. The van der Waals surface area contributed by atoms with Gasteiger partial charge in [-0.05, 0) is 156 Å². The number of fused-ring (bicyclic) bond motifs is 2. The fraction of sp³-hybridized carbons (Fsp3) is 0.643. The average Bonchev–Trinajstić information content (AvgIpc) is 3.21. The van der Waals surface area contributed by atoms with Crippen LogP contribution in [0.5, 0.6) is 0 Å². The third-order valence-corrected chi connectivity index (χ3v) is 17.4. The van der Waals surface area contributed by atoms with Gasteiger partial charge in [0, 0.05) is 5.92 Å². The maximum absolute atomic E-state index is 11.3. The van der Waals surface area contributed by atoms with Crippen LogP contribution in [0.4, 0.5) is 0 Å². The molecule has 332 valence electrons. The van der Waals surface area contributed by atoms with E-state index in [2.05, 4.69) is 173 Å². The van der Waals surface area contributed by atoms with Crippen molar-refractivity contribution in [1.82, 2.24) is 0 Å². The van der Waals surface area contributed by atoms with E-state index in [4.69, 9.17) is 4.52 Å². The lowest BCUT2D eigenvalue weighted by Crippen LogP contribution is -2.41. The van der Waals surface area contributed by atoms with Crippen LogP contribution < -0.4 is 0 Å². The standard InChI is InChI=1S/C56H85O3P/c1-19-50(7,8)39-29-37-31-45(52(11,12)21-3)43(35-41(37)46(33-39)53(13,14)22-4)44-27-25-26-28-56(44,59-60(57)58)49-36-42-38(32-48(49)55(17,18)24-6)30-40(51(9,10)20-2)34-47(42)54(15,16)23-5/h29-36,44,57-58H,19-28H2,1-18H3. The van der Waals surface area contributed by atoms with Crippen LogP contribution in [0.3, 0.4) is 0 Å². The summed E-state index contributed by atoms with van der Waals surface area (Å²) in [5.74, 6) is -0.0880. The van der Waals surface area contributed by atoms with Gasteiger partial charge in [-0.1, -0.05) is 180 Å². The van der Waals surface area contributed by atoms with Crippen LogP contribution in [0.2, 0.25) is 0 Å². The SMILES string of the molecule is CCC(C)(C)c1cc(C(C)(C)CC)c2cc(C3CCCCC3(OP(O)O)c3cc4c(C(C)(C)CC)cc(C(C)(C)CC)cc4cc3C(C)(C)CC)c(C(C)(C)CC)cc2c1. The maximum Gasteiger partial charge on any atom is 0.327 e. The Labute approximate surface area is 368 Å². The highest BCUT2D eigenvalue weighted by Crippen LogP contribution is 2.59. The number of rotatable bonds is 16. The molecule has 0 bridgehead atoms. The van der Waals surface area contributed by atoms with Crippen LogP contribution in [-0.2, 0) is 42.6 Å². The highest BCUT2D eigenvalue weighted by molar-refractivity contribution is 7.39. The molecule has 60 heavy (non-hydrogen) atoms. The Hall–Kier alpha value is -2.29. The van der Waals surface area contributed by atoms with Crippen LogP contribution in [0.15, 0.2) is 48.5 Å². The van der Waals surface area contributed by atoms with Crippen LogP contribution >= 0.6 is 8.60 Å². The van der Waals surface area contributed by atoms with E-state index < -0.39 is 14.2 Å². The van der Waals surface area contributed by atoms with E-state index in [1.807, 2.05) is 0 Å². The monoisotopic (exact) mass is 837 g/mol. The molecule has 0 amide bonds. The second-order valence-electron chi connectivity index (χ2n) is 22.8. The highest BCUT2D eigenvalue weighted by Gasteiger charge is 2.50. The van der Waals surface area contributed by atoms with Gasteiger partial charge < -0.3 is 14.3 Å². The molecule has 4 aromatic rings. The first-order valence-corrected chi connectivity index (χ1v) is 25.0. The summed E-state index contributed by atoms with van der Waals surface area (Å²) in [6.45, 7) is 42.5. The van der Waals surface area contributed by atoms with Gasteiger partial charge in [-0.3, -0.25) is 0 Å². The normalized spacial score (nSPS) is 18.9. The fourth-order valence-corrected chi connectivity index (χ4v) is 10.5. The molecular weight excluding hydrogens is 752 g/mol. The summed E-state index contributed by atoms with van der Waals surface area (Å²) in [4.78, 5) is 22.6. The molecule has 2 N–H and O–H groups in total. The lowest BCUT2D eigenvalue weighted by atomic mass is 9.62. The molecule has 0 aliphatic heterocycles. The molecule has 4 heteroatoms. The largest absolute Gasteiger partial charge is 0.328 e. The van der Waals surface area contributed by atoms with Crippen molar-refractivity contribution in [1.29, 1.82) is 0 Å². The van der Waals surface area contributed by atoms with E-state index >= 15 is 0 Å². The van der Waals surface area contributed by atoms with Crippen LogP contribution in [0.25, 0.3) is 21.5 Å². The minimum Gasteiger partial charge on any atom is -0.328 e. The van der Waals surface area contributed by atoms with E-state index in [9.17, 15) is 9.79 Å². The van der Waals surface area contributed by atoms with E-state index in [1.165, 1.54) is 60.5 Å².